The summed E-state index contributed by atoms with van der Waals surface area (Å²) < 4.78 is 5.39. The quantitative estimate of drug-likeness (QED) is 0.740. The molecule has 0 fully saturated rings. The summed E-state index contributed by atoms with van der Waals surface area (Å²) >= 11 is 8.13. The van der Waals surface area contributed by atoms with Crippen LogP contribution >= 0.6 is 22.9 Å². The van der Waals surface area contributed by atoms with Crippen molar-refractivity contribution in [1.82, 2.24) is 4.98 Å². The Morgan fingerprint density at radius 3 is 2.78 bits per heavy atom. The van der Waals surface area contributed by atoms with Crippen molar-refractivity contribution >= 4 is 22.9 Å². The first-order valence-electron chi connectivity index (χ1n) is 7.26. The average Bonchev–Trinajstić information content (AvgIpc) is 3.08. The predicted molar refractivity (Wildman–Crippen MR) is 96.3 cm³/mol. The lowest BCUT2D eigenvalue weighted by molar-refractivity contribution is 0.415. The number of halogens is 1. The van der Waals surface area contributed by atoms with E-state index in [1.54, 1.807) is 18.4 Å². The Labute approximate surface area is 144 Å². The van der Waals surface area contributed by atoms with E-state index in [4.69, 9.17) is 22.1 Å². The van der Waals surface area contributed by atoms with Gasteiger partial charge in [-0.1, -0.05) is 29.8 Å². The van der Waals surface area contributed by atoms with Gasteiger partial charge in [-0.3, -0.25) is 0 Å². The van der Waals surface area contributed by atoms with E-state index >= 15 is 0 Å². The van der Waals surface area contributed by atoms with E-state index in [0.717, 1.165) is 39.4 Å². The van der Waals surface area contributed by atoms with Crippen LogP contribution in [0.1, 0.15) is 16.1 Å². The molecule has 0 saturated heterocycles. The summed E-state index contributed by atoms with van der Waals surface area (Å²) in [6, 6.07) is 11.9. The number of hydrogen-bond acceptors (Lipinski definition) is 4. The summed E-state index contributed by atoms with van der Waals surface area (Å²) in [6.07, 6.45) is 2.58. The van der Waals surface area contributed by atoms with Gasteiger partial charge in [-0.2, -0.15) is 0 Å². The molecule has 1 aromatic heterocycles. The molecule has 118 valence electrons. The second kappa shape index (κ2) is 7.13. The standard InChI is InChI=1S/C18H17ClN2OS/c1-22-14-6-5-12(9-17-21-7-8-23-17)15(10-14)18-13(11-20)3-2-4-16(18)19/h2-8,10H,9,11,20H2,1H3. The lowest BCUT2D eigenvalue weighted by Gasteiger charge is -2.15. The van der Waals surface area contributed by atoms with Gasteiger partial charge in [0.2, 0.25) is 0 Å². The lowest BCUT2D eigenvalue weighted by atomic mass is 9.93. The summed E-state index contributed by atoms with van der Waals surface area (Å²) in [5.41, 5.74) is 10.1. The van der Waals surface area contributed by atoms with Gasteiger partial charge >= 0.3 is 0 Å². The van der Waals surface area contributed by atoms with Crippen molar-refractivity contribution in [2.75, 3.05) is 7.11 Å². The summed E-state index contributed by atoms with van der Waals surface area (Å²) in [5.74, 6) is 0.797. The van der Waals surface area contributed by atoms with Gasteiger partial charge in [0.15, 0.2) is 0 Å². The van der Waals surface area contributed by atoms with Gasteiger partial charge in [-0.25, -0.2) is 4.98 Å². The number of benzene rings is 2. The monoisotopic (exact) mass is 344 g/mol. The highest BCUT2D eigenvalue weighted by molar-refractivity contribution is 7.09. The molecule has 3 nitrogen and oxygen atoms in total. The van der Waals surface area contributed by atoms with E-state index in [1.807, 2.05) is 41.9 Å². The topological polar surface area (TPSA) is 48.1 Å². The zero-order valence-corrected chi connectivity index (χ0v) is 14.3. The van der Waals surface area contributed by atoms with Crippen LogP contribution in [0.3, 0.4) is 0 Å². The van der Waals surface area contributed by atoms with Gasteiger partial charge in [0.1, 0.15) is 5.75 Å². The van der Waals surface area contributed by atoms with Gasteiger partial charge in [0.25, 0.3) is 0 Å². The second-order valence-electron chi connectivity index (χ2n) is 5.10. The summed E-state index contributed by atoms with van der Waals surface area (Å²) in [5, 5.41) is 3.75. The zero-order chi connectivity index (χ0) is 16.2. The van der Waals surface area contributed by atoms with E-state index in [1.165, 1.54) is 0 Å². The average molecular weight is 345 g/mol. The van der Waals surface area contributed by atoms with E-state index in [0.29, 0.717) is 11.6 Å². The SMILES string of the molecule is COc1ccc(Cc2nccs2)c(-c2c(Cl)cccc2CN)c1. The maximum absolute atomic E-state index is 6.48. The molecule has 3 aromatic rings. The van der Waals surface area contributed by atoms with Crippen LogP contribution < -0.4 is 10.5 Å². The summed E-state index contributed by atoms with van der Waals surface area (Å²) in [6.45, 7) is 0.434. The van der Waals surface area contributed by atoms with Crippen molar-refractivity contribution in [2.45, 2.75) is 13.0 Å². The maximum Gasteiger partial charge on any atom is 0.119 e. The van der Waals surface area contributed by atoms with E-state index in [9.17, 15) is 0 Å². The molecule has 0 unspecified atom stereocenters. The molecule has 0 bridgehead atoms. The first-order chi connectivity index (χ1) is 11.2. The van der Waals surface area contributed by atoms with Gasteiger partial charge in [0, 0.05) is 35.1 Å². The van der Waals surface area contributed by atoms with Gasteiger partial charge < -0.3 is 10.5 Å². The minimum atomic E-state index is 0.434. The number of nitrogens with two attached hydrogens (primary N) is 1. The van der Waals surface area contributed by atoms with Crippen LogP contribution in [-0.4, -0.2) is 12.1 Å². The molecule has 0 atom stereocenters. The van der Waals surface area contributed by atoms with Crippen LogP contribution in [0.2, 0.25) is 5.02 Å². The van der Waals surface area contributed by atoms with Gasteiger partial charge in [-0.15, -0.1) is 11.3 Å². The maximum atomic E-state index is 6.48. The Bertz CT molecular complexity index is 803. The van der Waals surface area contributed by atoms with E-state index < -0.39 is 0 Å². The van der Waals surface area contributed by atoms with Crippen molar-refractivity contribution in [3.8, 4) is 16.9 Å². The molecule has 0 aliphatic heterocycles. The minimum Gasteiger partial charge on any atom is -0.497 e. The molecule has 3 rings (SSSR count). The number of methoxy groups -OCH3 is 1. The molecule has 1 heterocycles. The van der Waals surface area contributed by atoms with Crippen LogP contribution in [0.4, 0.5) is 0 Å². The molecule has 2 N–H and O–H groups in total. The van der Waals surface area contributed by atoms with Crippen LogP contribution in [0.25, 0.3) is 11.1 Å². The highest BCUT2D eigenvalue weighted by Gasteiger charge is 2.15. The normalized spacial score (nSPS) is 10.7. The molecule has 0 amide bonds. The fraction of sp³-hybridized carbons (Fsp3) is 0.167. The predicted octanol–water partition coefficient (Wildman–Crippen LogP) is 4.52. The molecule has 0 saturated carbocycles. The number of nitrogens with zero attached hydrogens (tertiary/aromatic N) is 1. The van der Waals surface area contributed by atoms with Crippen molar-refractivity contribution in [3.63, 3.8) is 0 Å². The van der Waals surface area contributed by atoms with E-state index in [-0.39, 0.29) is 0 Å². The van der Waals surface area contributed by atoms with Gasteiger partial charge in [0.05, 0.1) is 12.1 Å². The number of ether oxygens (including phenoxy) is 1. The Morgan fingerprint density at radius 1 is 1.22 bits per heavy atom. The van der Waals surface area contributed by atoms with Crippen molar-refractivity contribution in [2.24, 2.45) is 5.73 Å². The Balaban J connectivity index is 2.16. The molecular weight excluding hydrogens is 328 g/mol. The van der Waals surface area contributed by atoms with Crippen LogP contribution in [-0.2, 0) is 13.0 Å². The number of hydrogen-bond donors (Lipinski definition) is 1. The van der Waals surface area contributed by atoms with Crippen LogP contribution in [0.15, 0.2) is 48.0 Å². The smallest absolute Gasteiger partial charge is 0.119 e. The number of aromatic nitrogens is 1. The molecule has 0 aliphatic carbocycles. The number of rotatable bonds is 5. The molecule has 23 heavy (non-hydrogen) atoms. The largest absolute Gasteiger partial charge is 0.497 e. The molecule has 2 aromatic carbocycles. The van der Waals surface area contributed by atoms with E-state index in [2.05, 4.69) is 11.1 Å². The minimum absolute atomic E-state index is 0.434. The second-order valence-corrected chi connectivity index (χ2v) is 6.49. The highest BCUT2D eigenvalue weighted by Crippen LogP contribution is 2.36. The van der Waals surface area contributed by atoms with Crippen molar-refractivity contribution in [3.05, 3.63) is 69.1 Å². The Hall–Kier alpha value is -1.88. The number of thiazole rings is 1. The molecule has 5 heteroatoms. The molecule has 0 aliphatic rings. The van der Waals surface area contributed by atoms with Crippen molar-refractivity contribution in [1.29, 1.82) is 0 Å². The fourth-order valence-corrected chi connectivity index (χ4v) is 3.55. The summed E-state index contributed by atoms with van der Waals surface area (Å²) in [7, 11) is 1.66. The lowest BCUT2D eigenvalue weighted by Crippen LogP contribution is -2.02. The third-order valence-electron chi connectivity index (χ3n) is 3.73. The molecular formula is C18H17ClN2OS. The third-order valence-corrected chi connectivity index (χ3v) is 4.83. The fourth-order valence-electron chi connectivity index (χ4n) is 2.61. The van der Waals surface area contributed by atoms with Crippen LogP contribution in [0, 0.1) is 0 Å². The zero-order valence-electron chi connectivity index (χ0n) is 12.8. The van der Waals surface area contributed by atoms with Crippen molar-refractivity contribution < 1.29 is 4.74 Å². The first kappa shape index (κ1) is 16.0. The van der Waals surface area contributed by atoms with Gasteiger partial charge in [-0.05, 0) is 34.9 Å². The Kier molecular flexibility index (Phi) is 4.96. The Morgan fingerprint density at radius 2 is 2.09 bits per heavy atom. The first-order valence-corrected chi connectivity index (χ1v) is 8.51. The highest BCUT2D eigenvalue weighted by atomic mass is 35.5. The third kappa shape index (κ3) is 3.39. The van der Waals surface area contributed by atoms with Crippen LogP contribution in [0.5, 0.6) is 5.75 Å². The molecule has 0 spiro atoms. The summed E-state index contributed by atoms with van der Waals surface area (Å²) in [4.78, 5) is 4.38. The molecule has 0 radical (unpaired) electrons.